The van der Waals surface area contributed by atoms with Gasteiger partial charge in [0.05, 0.1) is 11.0 Å². The van der Waals surface area contributed by atoms with E-state index in [1.807, 2.05) is 4.90 Å². The highest BCUT2D eigenvalue weighted by molar-refractivity contribution is 5.79. The minimum atomic E-state index is -1.02. The fourth-order valence-electron chi connectivity index (χ4n) is 2.23. The van der Waals surface area contributed by atoms with Crippen molar-refractivity contribution >= 4 is 12.0 Å². The Morgan fingerprint density at radius 2 is 1.48 bits per heavy atom. The predicted molar refractivity (Wildman–Crippen MR) is 81.0 cm³/mol. The van der Waals surface area contributed by atoms with Crippen molar-refractivity contribution in [3.8, 4) is 0 Å². The van der Waals surface area contributed by atoms with Crippen LogP contribution in [0.3, 0.4) is 0 Å². The van der Waals surface area contributed by atoms with Crippen molar-refractivity contribution < 1.29 is 14.7 Å². The summed E-state index contributed by atoms with van der Waals surface area (Å²) in [6.45, 7) is 8.50. The Hall–Kier alpha value is -1.26. The summed E-state index contributed by atoms with van der Waals surface area (Å²) in [5.41, 5.74) is -1.82. The summed E-state index contributed by atoms with van der Waals surface area (Å²) in [4.78, 5) is 25.9. The number of carboxylic acid groups (broad SMARTS) is 1. The van der Waals surface area contributed by atoms with Crippen LogP contribution in [-0.2, 0) is 4.79 Å². The van der Waals surface area contributed by atoms with E-state index in [1.165, 1.54) is 25.7 Å². The Kier molecular flexibility index (Phi) is 4.22. The Morgan fingerprint density at radius 1 is 1.05 bits per heavy atom. The van der Waals surface area contributed by atoms with Crippen molar-refractivity contribution in [2.24, 2.45) is 17.3 Å². The third-order valence-electron chi connectivity index (χ3n) is 5.15. The minimum absolute atomic E-state index is 0.117. The molecule has 0 atom stereocenters. The van der Waals surface area contributed by atoms with Gasteiger partial charge in [0.1, 0.15) is 0 Å². The van der Waals surface area contributed by atoms with Crippen LogP contribution in [0.15, 0.2) is 0 Å². The Bertz CT molecular complexity index is 409. The summed E-state index contributed by atoms with van der Waals surface area (Å²) in [5, 5.41) is 12.3. The highest BCUT2D eigenvalue weighted by atomic mass is 16.4. The molecule has 0 radical (unpaired) electrons. The van der Waals surface area contributed by atoms with Crippen molar-refractivity contribution in [3.05, 3.63) is 0 Å². The molecule has 2 amide bonds. The smallest absolute Gasteiger partial charge is 0.317 e. The number of urea groups is 1. The van der Waals surface area contributed by atoms with E-state index in [4.69, 9.17) is 0 Å². The number of carbonyl (C=O) groups is 2. The number of amides is 2. The molecule has 2 fully saturated rings. The van der Waals surface area contributed by atoms with Gasteiger partial charge in [-0.25, -0.2) is 4.79 Å². The maximum Gasteiger partial charge on any atom is 0.317 e. The lowest BCUT2D eigenvalue weighted by Gasteiger charge is -2.40. The predicted octanol–water partition coefficient (Wildman–Crippen LogP) is 2.71. The Balaban J connectivity index is 2.00. The van der Waals surface area contributed by atoms with E-state index in [9.17, 15) is 14.7 Å². The molecule has 5 nitrogen and oxygen atoms in total. The monoisotopic (exact) mass is 296 g/mol. The summed E-state index contributed by atoms with van der Waals surface area (Å²) in [6.07, 6.45) is 4.83. The maximum atomic E-state index is 12.6. The lowest BCUT2D eigenvalue weighted by Crippen LogP contribution is -2.60. The van der Waals surface area contributed by atoms with Crippen LogP contribution < -0.4 is 5.32 Å². The first kappa shape index (κ1) is 16.1. The van der Waals surface area contributed by atoms with Crippen molar-refractivity contribution in [2.45, 2.75) is 58.9 Å². The van der Waals surface area contributed by atoms with Gasteiger partial charge in [0.25, 0.3) is 0 Å². The zero-order valence-corrected chi connectivity index (χ0v) is 13.6. The quantitative estimate of drug-likeness (QED) is 0.759. The molecule has 5 heteroatoms. The van der Waals surface area contributed by atoms with Crippen molar-refractivity contribution in [3.63, 3.8) is 0 Å². The molecule has 120 valence electrons. The van der Waals surface area contributed by atoms with Crippen LogP contribution in [0.5, 0.6) is 0 Å². The Labute approximate surface area is 127 Å². The molecule has 2 aliphatic carbocycles. The standard InChI is InChI=1S/C16H28N2O3/c1-15(2,13(19)20)16(3,4)17-14(21)18(9-11-5-6-11)10-12-7-8-12/h11-12H,5-10H2,1-4H3,(H,17,21)(H,19,20). The second kappa shape index (κ2) is 5.50. The summed E-state index contributed by atoms with van der Waals surface area (Å²) >= 11 is 0. The molecule has 2 rings (SSSR count). The van der Waals surface area contributed by atoms with Gasteiger partial charge in [0, 0.05) is 13.1 Å². The third-order valence-corrected chi connectivity index (χ3v) is 5.15. The molecule has 0 bridgehead atoms. The third kappa shape index (κ3) is 3.89. The largest absolute Gasteiger partial charge is 0.481 e. The second-order valence-electron chi connectivity index (χ2n) is 7.78. The van der Waals surface area contributed by atoms with Crippen LogP contribution >= 0.6 is 0 Å². The molecule has 0 heterocycles. The molecule has 2 N–H and O–H groups in total. The van der Waals surface area contributed by atoms with Crippen molar-refractivity contribution in [1.82, 2.24) is 10.2 Å². The normalized spacial score (nSPS) is 19.2. The van der Waals surface area contributed by atoms with Crippen LogP contribution in [0.2, 0.25) is 0 Å². The summed E-state index contributed by atoms with van der Waals surface area (Å²) < 4.78 is 0. The number of aliphatic carboxylic acids is 1. The molecule has 2 aliphatic rings. The highest BCUT2D eigenvalue weighted by Crippen LogP contribution is 2.35. The Morgan fingerprint density at radius 3 is 1.81 bits per heavy atom. The van der Waals surface area contributed by atoms with E-state index in [0.29, 0.717) is 11.8 Å². The second-order valence-corrected chi connectivity index (χ2v) is 7.78. The van der Waals surface area contributed by atoms with Gasteiger partial charge < -0.3 is 15.3 Å². The minimum Gasteiger partial charge on any atom is -0.481 e. The van der Waals surface area contributed by atoms with Crippen molar-refractivity contribution in [1.29, 1.82) is 0 Å². The summed E-state index contributed by atoms with van der Waals surface area (Å²) in [5.74, 6) is 0.388. The van der Waals surface area contributed by atoms with Crippen LogP contribution in [0.25, 0.3) is 0 Å². The number of rotatable bonds is 7. The first-order valence-corrected chi connectivity index (χ1v) is 7.94. The molecule has 21 heavy (non-hydrogen) atoms. The van der Waals surface area contributed by atoms with Gasteiger partial charge in [-0.1, -0.05) is 0 Å². The molecular formula is C16H28N2O3. The molecular weight excluding hydrogens is 268 g/mol. The van der Waals surface area contributed by atoms with Crippen LogP contribution in [0.1, 0.15) is 53.4 Å². The number of carbonyl (C=O) groups excluding carboxylic acids is 1. The van der Waals surface area contributed by atoms with E-state index in [-0.39, 0.29) is 6.03 Å². The van der Waals surface area contributed by atoms with E-state index < -0.39 is 16.9 Å². The van der Waals surface area contributed by atoms with Gasteiger partial charge in [-0.2, -0.15) is 0 Å². The first-order valence-electron chi connectivity index (χ1n) is 7.94. The average molecular weight is 296 g/mol. The molecule has 0 aromatic carbocycles. The topological polar surface area (TPSA) is 69.6 Å². The first-order chi connectivity index (χ1) is 9.63. The molecule has 0 aromatic rings. The molecule has 0 unspecified atom stereocenters. The van der Waals surface area contributed by atoms with Gasteiger partial charge >= 0.3 is 12.0 Å². The highest BCUT2D eigenvalue weighted by Gasteiger charge is 2.45. The van der Waals surface area contributed by atoms with Gasteiger partial charge in [-0.15, -0.1) is 0 Å². The van der Waals surface area contributed by atoms with Crippen LogP contribution in [-0.4, -0.2) is 40.6 Å². The lowest BCUT2D eigenvalue weighted by molar-refractivity contribution is -0.150. The zero-order valence-electron chi connectivity index (χ0n) is 13.6. The maximum absolute atomic E-state index is 12.6. The summed E-state index contributed by atoms with van der Waals surface area (Å²) in [6, 6.07) is -0.117. The van der Waals surface area contributed by atoms with E-state index in [1.54, 1.807) is 27.7 Å². The van der Waals surface area contributed by atoms with Gasteiger partial charge in [-0.05, 0) is 65.2 Å². The lowest BCUT2D eigenvalue weighted by atomic mass is 9.74. The fourth-order valence-corrected chi connectivity index (χ4v) is 2.23. The van der Waals surface area contributed by atoms with E-state index in [0.717, 1.165) is 13.1 Å². The number of carboxylic acids is 1. The summed E-state index contributed by atoms with van der Waals surface area (Å²) in [7, 11) is 0. The number of hydrogen-bond acceptors (Lipinski definition) is 2. The van der Waals surface area contributed by atoms with E-state index in [2.05, 4.69) is 5.32 Å². The molecule has 0 aromatic heterocycles. The molecule has 2 saturated carbocycles. The van der Waals surface area contributed by atoms with Gasteiger partial charge in [0.2, 0.25) is 0 Å². The SMILES string of the molecule is CC(C)(NC(=O)N(CC1CC1)CC1CC1)C(C)(C)C(=O)O. The molecule has 0 aliphatic heterocycles. The van der Waals surface area contributed by atoms with Crippen LogP contribution in [0, 0.1) is 17.3 Å². The number of nitrogens with zero attached hydrogens (tertiary/aromatic N) is 1. The zero-order chi connectivity index (χ0) is 15.8. The van der Waals surface area contributed by atoms with Crippen LogP contribution in [0.4, 0.5) is 4.79 Å². The van der Waals surface area contributed by atoms with Crippen molar-refractivity contribution in [2.75, 3.05) is 13.1 Å². The fraction of sp³-hybridized carbons (Fsp3) is 0.875. The van der Waals surface area contributed by atoms with Gasteiger partial charge in [0.15, 0.2) is 0 Å². The van der Waals surface area contributed by atoms with E-state index >= 15 is 0 Å². The molecule has 0 saturated heterocycles. The molecule has 0 spiro atoms. The van der Waals surface area contributed by atoms with Gasteiger partial charge in [-0.3, -0.25) is 4.79 Å². The average Bonchev–Trinajstić information content (AvgIpc) is 3.21. The number of nitrogens with one attached hydrogen (secondary N) is 1. The number of hydrogen-bond donors (Lipinski definition) is 2.